The maximum atomic E-state index is 5.59. The first-order chi connectivity index (χ1) is 13.7. The van der Waals surface area contributed by atoms with Gasteiger partial charge in [0.15, 0.2) is 5.96 Å². The van der Waals surface area contributed by atoms with Gasteiger partial charge in [0.1, 0.15) is 5.76 Å². The summed E-state index contributed by atoms with van der Waals surface area (Å²) in [6, 6.07) is 8.71. The molecule has 1 saturated heterocycles. The van der Waals surface area contributed by atoms with Crippen molar-refractivity contribution in [2.75, 3.05) is 60.5 Å². The van der Waals surface area contributed by atoms with Crippen LogP contribution in [0.5, 0.6) is 0 Å². The van der Waals surface area contributed by atoms with Crippen molar-refractivity contribution >= 4 is 17.3 Å². The number of morpholine rings is 1. The molecule has 0 radical (unpaired) electrons. The van der Waals surface area contributed by atoms with E-state index < -0.39 is 0 Å². The number of guanidine groups is 1. The fraction of sp³-hybridized carbons (Fsp3) is 0.550. The standard InChI is InChI=1S/C20H31N5O2S/c1-21-20(22-14-16(24(2)3)18-6-4-10-27-18)23-15-17(19-7-5-13-28-19)25-8-11-26-12-9-25/h4-7,10,13,16-17H,8-9,11-12,14-15H2,1-3H3,(H2,21,22,23). The van der Waals surface area contributed by atoms with Crippen LogP contribution in [0, 0.1) is 0 Å². The van der Waals surface area contributed by atoms with Crippen LogP contribution >= 0.6 is 11.3 Å². The number of hydrogen-bond acceptors (Lipinski definition) is 6. The van der Waals surface area contributed by atoms with E-state index in [0.717, 1.165) is 44.6 Å². The minimum atomic E-state index is 0.140. The summed E-state index contributed by atoms with van der Waals surface area (Å²) in [5.74, 6) is 1.74. The summed E-state index contributed by atoms with van der Waals surface area (Å²) >= 11 is 1.80. The minimum Gasteiger partial charge on any atom is -0.468 e. The van der Waals surface area contributed by atoms with Gasteiger partial charge in [0.25, 0.3) is 0 Å². The average molecular weight is 406 g/mol. The topological polar surface area (TPSA) is 65.3 Å². The molecule has 154 valence electrons. The van der Waals surface area contributed by atoms with Crippen LogP contribution in [0.15, 0.2) is 45.3 Å². The molecule has 2 aromatic rings. The monoisotopic (exact) mass is 405 g/mol. The quantitative estimate of drug-likeness (QED) is 0.518. The summed E-state index contributed by atoms with van der Waals surface area (Å²) in [6.45, 7) is 5.01. The molecule has 1 aliphatic rings. The highest BCUT2D eigenvalue weighted by Gasteiger charge is 2.24. The number of thiophene rings is 1. The van der Waals surface area contributed by atoms with Gasteiger partial charge >= 0.3 is 0 Å². The summed E-state index contributed by atoms with van der Waals surface area (Å²) in [4.78, 5) is 10.4. The third-order valence-corrected chi connectivity index (χ3v) is 5.98. The molecule has 3 rings (SSSR count). The van der Waals surface area contributed by atoms with E-state index in [9.17, 15) is 0 Å². The third-order valence-electron chi connectivity index (χ3n) is 5.00. The Morgan fingerprint density at radius 1 is 1.21 bits per heavy atom. The molecule has 1 fully saturated rings. The highest BCUT2D eigenvalue weighted by molar-refractivity contribution is 7.10. The molecule has 0 spiro atoms. The molecule has 0 aliphatic carbocycles. The smallest absolute Gasteiger partial charge is 0.191 e. The van der Waals surface area contributed by atoms with Crippen LogP contribution in [-0.2, 0) is 4.74 Å². The minimum absolute atomic E-state index is 0.140. The van der Waals surface area contributed by atoms with E-state index in [4.69, 9.17) is 9.15 Å². The van der Waals surface area contributed by atoms with Gasteiger partial charge in [0, 0.05) is 38.1 Å². The summed E-state index contributed by atoms with van der Waals surface area (Å²) in [5.41, 5.74) is 0. The zero-order valence-electron chi connectivity index (χ0n) is 16.9. The van der Waals surface area contributed by atoms with Crippen molar-refractivity contribution in [3.05, 3.63) is 46.5 Å². The Morgan fingerprint density at radius 2 is 2.00 bits per heavy atom. The second kappa shape index (κ2) is 10.6. The molecule has 0 amide bonds. The lowest BCUT2D eigenvalue weighted by atomic mass is 10.2. The van der Waals surface area contributed by atoms with Gasteiger partial charge in [-0.3, -0.25) is 14.8 Å². The van der Waals surface area contributed by atoms with Crippen molar-refractivity contribution in [2.45, 2.75) is 12.1 Å². The number of nitrogens with one attached hydrogen (secondary N) is 2. The van der Waals surface area contributed by atoms with E-state index in [1.54, 1.807) is 17.6 Å². The van der Waals surface area contributed by atoms with Gasteiger partial charge in [0.05, 0.1) is 31.6 Å². The predicted octanol–water partition coefficient (Wildman–Crippen LogP) is 2.18. The highest BCUT2D eigenvalue weighted by Crippen LogP contribution is 2.25. The third kappa shape index (κ3) is 5.57. The first-order valence-electron chi connectivity index (χ1n) is 9.68. The van der Waals surface area contributed by atoms with Crippen molar-refractivity contribution in [3.8, 4) is 0 Å². The van der Waals surface area contributed by atoms with Crippen molar-refractivity contribution in [1.29, 1.82) is 0 Å². The van der Waals surface area contributed by atoms with E-state index in [-0.39, 0.29) is 6.04 Å². The Balaban J connectivity index is 1.58. The molecular formula is C20H31N5O2S. The van der Waals surface area contributed by atoms with Crippen LogP contribution < -0.4 is 10.6 Å². The molecule has 0 bridgehead atoms. The van der Waals surface area contributed by atoms with E-state index in [0.29, 0.717) is 12.6 Å². The van der Waals surface area contributed by atoms with Crippen molar-refractivity contribution < 1.29 is 9.15 Å². The molecule has 8 heteroatoms. The van der Waals surface area contributed by atoms with Gasteiger partial charge in [-0.15, -0.1) is 11.3 Å². The van der Waals surface area contributed by atoms with E-state index in [1.165, 1.54) is 4.88 Å². The summed E-state index contributed by atoms with van der Waals surface area (Å²) in [5, 5.41) is 9.09. The summed E-state index contributed by atoms with van der Waals surface area (Å²) in [7, 11) is 5.91. The number of ether oxygens (including phenoxy) is 1. The lowest BCUT2D eigenvalue weighted by Gasteiger charge is -2.34. The molecule has 0 aromatic carbocycles. The van der Waals surface area contributed by atoms with Gasteiger partial charge in [-0.25, -0.2) is 0 Å². The van der Waals surface area contributed by atoms with Gasteiger partial charge < -0.3 is 19.8 Å². The Morgan fingerprint density at radius 3 is 2.61 bits per heavy atom. The Bertz CT molecular complexity index is 696. The van der Waals surface area contributed by atoms with Crippen molar-refractivity contribution in [1.82, 2.24) is 20.4 Å². The summed E-state index contributed by atoms with van der Waals surface area (Å²) in [6.07, 6.45) is 1.72. The normalized spacial score (nSPS) is 18.2. The molecule has 2 N–H and O–H groups in total. The molecule has 28 heavy (non-hydrogen) atoms. The fourth-order valence-electron chi connectivity index (χ4n) is 3.41. The Hall–Kier alpha value is -1.87. The summed E-state index contributed by atoms with van der Waals surface area (Å²) < 4.78 is 11.1. The lowest BCUT2D eigenvalue weighted by molar-refractivity contribution is 0.0177. The maximum absolute atomic E-state index is 5.59. The number of nitrogens with zero attached hydrogens (tertiary/aromatic N) is 3. The zero-order chi connectivity index (χ0) is 19.8. The van der Waals surface area contributed by atoms with E-state index in [2.05, 4.69) is 57.0 Å². The number of furan rings is 1. The first-order valence-corrected chi connectivity index (χ1v) is 10.6. The highest BCUT2D eigenvalue weighted by atomic mass is 32.1. The van der Waals surface area contributed by atoms with Crippen molar-refractivity contribution in [3.63, 3.8) is 0 Å². The molecule has 7 nitrogen and oxygen atoms in total. The van der Waals surface area contributed by atoms with E-state index in [1.807, 2.05) is 19.2 Å². The fourth-order valence-corrected chi connectivity index (χ4v) is 4.27. The van der Waals surface area contributed by atoms with Gasteiger partial charge in [0.2, 0.25) is 0 Å². The molecule has 2 aromatic heterocycles. The first kappa shape index (κ1) is 20.9. The van der Waals surface area contributed by atoms with E-state index >= 15 is 0 Å². The van der Waals surface area contributed by atoms with Gasteiger partial charge in [-0.05, 0) is 37.7 Å². The maximum Gasteiger partial charge on any atom is 0.191 e. The SMILES string of the molecule is CN=C(NCC(c1ccco1)N(C)C)NCC(c1cccs1)N1CCOCC1. The van der Waals surface area contributed by atoms with Crippen LogP contribution in [0.2, 0.25) is 0 Å². The van der Waals surface area contributed by atoms with Gasteiger partial charge in [-0.1, -0.05) is 6.07 Å². The van der Waals surface area contributed by atoms with Crippen LogP contribution in [-0.4, -0.2) is 76.3 Å². The molecule has 0 saturated carbocycles. The van der Waals surface area contributed by atoms with Gasteiger partial charge in [-0.2, -0.15) is 0 Å². The average Bonchev–Trinajstić information content (AvgIpc) is 3.42. The second-order valence-electron chi connectivity index (χ2n) is 7.01. The molecule has 2 atom stereocenters. The zero-order valence-corrected chi connectivity index (χ0v) is 17.7. The molecular weight excluding hydrogens is 374 g/mol. The largest absolute Gasteiger partial charge is 0.468 e. The molecule has 2 unspecified atom stereocenters. The number of likely N-dealkylation sites (N-methyl/N-ethyl adjacent to an activating group) is 1. The molecule has 1 aliphatic heterocycles. The molecule has 3 heterocycles. The number of hydrogen-bond donors (Lipinski definition) is 2. The Kier molecular flexibility index (Phi) is 7.90. The Labute approximate surface area is 171 Å². The van der Waals surface area contributed by atoms with Crippen LogP contribution in [0.25, 0.3) is 0 Å². The van der Waals surface area contributed by atoms with Crippen molar-refractivity contribution in [2.24, 2.45) is 4.99 Å². The van der Waals surface area contributed by atoms with Crippen LogP contribution in [0.1, 0.15) is 22.7 Å². The number of rotatable bonds is 8. The second-order valence-corrected chi connectivity index (χ2v) is 7.99. The predicted molar refractivity (Wildman–Crippen MR) is 114 cm³/mol. The van der Waals surface area contributed by atoms with Crippen LogP contribution in [0.4, 0.5) is 0 Å². The van der Waals surface area contributed by atoms with Crippen LogP contribution in [0.3, 0.4) is 0 Å². The lowest BCUT2D eigenvalue weighted by Crippen LogP contribution is -2.47. The number of aliphatic imine (C=N–C) groups is 1.